The molecule has 0 aromatic carbocycles. The van der Waals surface area contributed by atoms with Gasteiger partial charge in [-0.15, -0.1) is 0 Å². The Kier molecular flexibility index (Phi) is 4.54. The molecule has 1 aliphatic rings. The van der Waals surface area contributed by atoms with Crippen molar-refractivity contribution in [2.45, 2.75) is 38.6 Å². The van der Waals surface area contributed by atoms with Crippen molar-refractivity contribution in [3.8, 4) is 0 Å². The first-order valence-corrected chi connectivity index (χ1v) is 6.96. The molecule has 1 N–H and O–H groups in total. The number of rotatable bonds is 3. The fraction of sp³-hybridized carbons (Fsp3) is 0.538. The van der Waals surface area contributed by atoms with Crippen LogP contribution in [0.3, 0.4) is 0 Å². The first-order chi connectivity index (χ1) is 9.49. The molecule has 0 spiro atoms. The zero-order valence-electron chi connectivity index (χ0n) is 11.1. The summed E-state index contributed by atoms with van der Waals surface area (Å²) >= 11 is 5.70. The number of nitro groups is 1. The van der Waals surface area contributed by atoms with Crippen LogP contribution in [-0.2, 0) is 0 Å². The third-order valence-corrected chi connectivity index (χ3v) is 3.86. The van der Waals surface area contributed by atoms with E-state index in [1.54, 1.807) is 0 Å². The smallest absolute Gasteiger partial charge is 0.319 e. The number of carbonyl (C=O) groups excluding carboxylic acids is 1. The summed E-state index contributed by atoms with van der Waals surface area (Å²) in [7, 11) is 0. The summed E-state index contributed by atoms with van der Waals surface area (Å²) in [6.07, 6.45) is 5.33. The lowest BCUT2D eigenvalue weighted by Gasteiger charge is -2.27. The molecule has 1 aliphatic carbocycles. The molecule has 0 radical (unpaired) electrons. The number of aromatic nitrogens is 1. The second-order valence-electron chi connectivity index (χ2n) is 5.20. The summed E-state index contributed by atoms with van der Waals surface area (Å²) in [4.78, 5) is 26.2. The van der Waals surface area contributed by atoms with Crippen LogP contribution in [0.15, 0.2) is 12.3 Å². The Bertz CT molecular complexity index is 536. The number of carbonyl (C=O) groups is 1. The Morgan fingerprint density at radius 3 is 2.95 bits per heavy atom. The van der Waals surface area contributed by atoms with Gasteiger partial charge in [0.15, 0.2) is 0 Å². The Morgan fingerprint density at radius 1 is 1.55 bits per heavy atom. The van der Waals surface area contributed by atoms with Crippen LogP contribution < -0.4 is 5.32 Å². The minimum absolute atomic E-state index is 0.0340. The maximum atomic E-state index is 12.2. The highest BCUT2D eigenvalue weighted by Crippen LogP contribution is 2.27. The van der Waals surface area contributed by atoms with Crippen LogP contribution in [0.1, 0.15) is 43.0 Å². The molecule has 2 unspecified atom stereocenters. The average molecular weight is 298 g/mol. The van der Waals surface area contributed by atoms with Crippen molar-refractivity contribution < 1.29 is 9.72 Å². The summed E-state index contributed by atoms with van der Waals surface area (Å²) in [5, 5.41) is 13.6. The predicted octanol–water partition coefficient (Wildman–Crippen LogP) is 2.95. The van der Waals surface area contributed by atoms with Gasteiger partial charge in [-0.3, -0.25) is 14.9 Å². The van der Waals surface area contributed by atoms with Crippen LogP contribution in [0, 0.1) is 16.0 Å². The summed E-state index contributed by atoms with van der Waals surface area (Å²) in [6, 6.07) is 1.39. The largest absolute Gasteiger partial charge is 0.349 e. The van der Waals surface area contributed by atoms with E-state index in [2.05, 4.69) is 17.2 Å². The standard InChI is InChI=1S/C13H16ClN3O3/c1-8-3-2-4-9(7-8)16-13(18)10-5-6-15-12(14)11(10)17(19)20/h5-6,8-9H,2-4,7H2,1H3,(H,16,18). The fourth-order valence-electron chi connectivity index (χ4n) is 2.61. The van der Waals surface area contributed by atoms with Crippen LogP contribution >= 0.6 is 11.6 Å². The predicted molar refractivity (Wildman–Crippen MR) is 74.8 cm³/mol. The monoisotopic (exact) mass is 297 g/mol. The molecule has 2 atom stereocenters. The number of nitrogens with zero attached hydrogens (tertiary/aromatic N) is 2. The van der Waals surface area contributed by atoms with Crippen LogP contribution in [0.2, 0.25) is 5.15 Å². The molecule has 108 valence electrons. The molecule has 20 heavy (non-hydrogen) atoms. The molecule has 1 aromatic heterocycles. The van der Waals surface area contributed by atoms with Crippen molar-refractivity contribution in [3.05, 3.63) is 33.1 Å². The molecule has 2 rings (SSSR count). The molecule has 1 heterocycles. The van der Waals surface area contributed by atoms with Gasteiger partial charge in [-0.2, -0.15) is 0 Å². The molecule has 1 fully saturated rings. The lowest BCUT2D eigenvalue weighted by molar-refractivity contribution is -0.385. The van der Waals surface area contributed by atoms with Gasteiger partial charge in [0.2, 0.25) is 5.15 Å². The third kappa shape index (κ3) is 3.25. The molecule has 6 nitrogen and oxygen atoms in total. The second-order valence-corrected chi connectivity index (χ2v) is 5.56. The normalized spacial score (nSPS) is 22.3. The Balaban J connectivity index is 2.17. The number of nitrogens with one attached hydrogen (secondary N) is 1. The van der Waals surface area contributed by atoms with E-state index in [1.165, 1.54) is 12.3 Å². The van der Waals surface area contributed by atoms with Gasteiger partial charge in [0.25, 0.3) is 5.91 Å². The second kappa shape index (κ2) is 6.17. The molecule has 1 saturated carbocycles. The molecule has 0 bridgehead atoms. The molecular formula is C13H16ClN3O3. The first-order valence-electron chi connectivity index (χ1n) is 6.58. The minimum atomic E-state index is -0.673. The highest BCUT2D eigenvalue weighted by molar-refractivity contribution is 6.32. The summed E-state index contributed by atoms with van der Waals surface area (Å²) in [5.74, 6) is 0.102. The summed E-state index contributed by atoms with van der Waals surface area (Å²) in [5.41, 5.74) is -0.469. The van der Waals surface area contributed by atoms with Gasteiger partial charge >= 0.3 is 5.69 Å². The van der Waals surface area contributed by atoms with E-state index in [0.717, 1.165) is 25.7 Å². The van der Waals surface area contributed by atoms with E-state index in [9.17, 15) is 14.9 Å². The van der Waals surface area contributed by atoms with E-state index in [1.807, 2.05) is 0 Å². The number of hydrogen-bond donors (Lipinski definition) is 1. The van der Waals surface area contributed by atoms with Crippen LogP contribution in [0.4, 0.5) is 5.69 Å². The lowest BCUT2D eigenvalue weighted by atomic mass is 9.87. The van der Waals surface area contributed by atoms with E-state index < -0.39 is 16.5 Å². The van der Waals surface area contributed by atoms with Gasteiger partial charge in [0.1, 0.15) is 5.56 Å². The maximum absolute atomic E-state index is 12.2. The van der Waals surface area contributed by atoms with Crippen LogP contribution in [-0.4, -0.2) is 21.9 Å². The SMILES string of the molecule is CC1CCCC(NC(=O)c2ccnc(Cl)c2[N+](=O)[O-])C1. The van der Waals surface area contributed by atoms with E-state index in [4.69, 9.17) is 11.6 Å². The summed E-state index contributed by atoms with van der Waals surface area (Å²) < 4.78 is 0. The zero-order chi connectivity index (χ0) is 14.7. The van der Waals surface area contributed by atoms with E-state index in [0.29, 0.717) is 5.92 Å². The summed E-state index contributed by atoms with van der Waals surface area (Å²) in [6.45, 7) is 2.14. The first kappa shape index (κ1) is 14.7. The number of hydrogen-bond acceptors (Lipinski definition) is 4. The number of halogens is 1. The Hall–Kier alpha value is -1.69. The molecule has 7 heteroatoms. The molecule has 0 aliphatic heterocycles. The van der Waals surface area contributed by atoms with Crippen LogP contribution in [0.25, 0.3) is 0 Å². The molecular weight excluding hydrogens is 282 g/mol. The Labute approximate surface area is 121 Å². The van der Waals surface area contributed by atoms with Crippen LogP contribution in [0.5, 0.6) is 0 Å². The maximum Gasteiger partial charge on any atom is 0.319 e. The Morgan fingerprint density at radius 2 is 2.30 bits per heavy atom. The van der Waals surface area contributed by atoms with Crippen molar-refractivity contribution in [2.75, 3.05) is 0 Å². The highest BCUT2D eigenvalue weighted by Gasteiger charge is 2.27. The average Bonchev–Trinajstić information content (AvgIpc) is 2.37. The van der Waals surface area contributed by atoms with Gasteiger partial charge in [-0.25, -0.2) is 4.98 Å². The lowest BCUT2D eigenvalue weighted by Crippen LogP contribution is -2.38. The van der Waals surface area contributed by atoms with E-state index in [-0.39, 0.29) is 16.8 Å². The van der Waals surface area contributed by atoms with Crippen molar-refractivity contribution in [1.29, 1.82) is 0 Å². The topological polar surface area (TPSA) is 85.1 Å². The van der Waals surface area contributed by atoms with Crippen molar-refractivity contribution >= 4 is 23.2 Å². The fourth-order valence-corrected chi connectivity index (χ4v) is 2.84. The van der Waals surface area contributed by atoms with Gasteiger partial charge in [-0.1, -0.05) is 31.4 Å². The zero-order valence-corrected chi connectivity index (χ0v) is 11.9. The number of amides is 1. The molecule has 1 amide bonds. The third-order valence-electron chi connectivity index (χ3n) is 3.58. The molecule has 1 aromatic rings. The van der Waals surface area contributed by atoms with Crippen molar-refractivity contribution in [1.82, 2.24) is 10.3 Å². The highest BCUT2D eigenvalue weighted by atomic mass is 35.5. The van der Waals surface area contributed by atoms with Gasteiger partial charge in [0.05, 0.1) is 4.92 Å². The van der Waals surface area contributed by atoms with Crippen molar-refractivity contribution in [2.24, 2.45) is 5.92 Å². The minimum Gasteiger partial charge on any atom is -0.349 e. The van der Waals surface area contributed by atoms with Gasteiger partial charge < -0.3 is 5.32 Å². The van der Waals surface area contributed by atoms with Crippen molar-refractivity contribution in [3.63, 3.8) is 0 Å². The quantitative estimate of drug-likeness (QED) is 0.528. The van der Waals surface area contributed by atoms with Gasteiger partial charge in [-0.05, 0) is 24.8 Å². The molecule has 0 saturated heterocycles. The van der Waals surface area contributed by atoms with Gasteiger partial charge in [0, 0.05) is 12.2 Å². The number of pyridine rings is 1. The van der Waals surface area contributed by atoms with E-state index >= 15 is 0 Å².